The van der Waals surface area contributed by atoms with Gasteiger partial charge < -0.3 is 5.32 Å². The summed E-state index contributed by atoms with van der Waals surface area (Å²) >= 11 is 1.45. The molecule has 0 saturated carbocycles. The van der Waals surface area contributed by atoms with Gasteiger partial charge in [0, 0.05) is 23.3 Å². The highest BCUT2D eigenvalue weighted by Crippen LogP contribution is 2.28. The molecule has 0 atom stereocenters. The highest BCUT2D eigenvalue weighted by atomic mass is 32.2. The molecule has 2 aromatic rings. The van der Waals surface area contributed by atoms with Gasteiger partial charge in [-0.3, -0.25) is 9.71 Å². The summed E-state index contributed by atoms with van der Waals surface area (Å²) in [7, 11) is -1.78. The molecular weight excluding hydrogens is 294 g/mol. The molecule has 20 heavy (non-hydrogen) atoms. The summed E-state index contributed by atoms with van der Waals surface area (Å²) in [6.07, 6.45) is 1.59. The van der Waals surface area contributed by atoms with Gasteiger partial charge in [-0.25, -0.2) is 8.42 Å². The van der Waals surface area contributed by atoms with E-state index in [4.69, 9.17) is 0 Å². The monoisotopic (exact) mass is 311 g/mol. The largest absolute Gasteiger partial charge is 0.315 e. The van der Waals surface area contributed by atoms with Crippen molar-refractivity contribution in [1.29, 1.82) is 0 Å². The standard InChI is InChI=1S/C13H17N3O2S2/c1-9-8-19-12(7-14-3)13(9)20(17,18)16-11-4-5-15-10(2)6-11/h4-6,8,14H,7H2,1-3H3,(H,15,16). The zero-order valence-corrected chi connectivity index (χ0v) is 13.2. The highest BCUT2D eigenvalue weighted by Gasteiger charge is 2.22. The smallest absolute Gasteiger partial charge is 0.263 e. The molecule has 108 valence electrons. The molecule has 0 aliphatic rings. The predicted octanol–water partition coefficient (Wildman–Crippen LogP) is 2.28. The van der Waals surface area contributed by atoms with Crippen molar-refractivity contribution in [3.8, 4) is 0 Å². The molecule has 5 nitrogen and oxygen atoms in total. The van der Waals surface area contributed by atoms with Crippen LogP contribution in [0, 0.1) is 13.8 Å². The fourth-order valence-corrected chi connectivity index (χ4v) is 4.82. The van der Waals surface area contributed by atoms with Gasteiger partial charge in [-0.05, 0) is 44.0 Å². The molecule has 7 heteroatoms. The number of nitrogens with one attached hydrogen (secondary N) is 2. The van der Waals surface area contributed by atoms with Crippen molar-refractivity contribution in [2.24, 2.45) is 0 Å². The Balaban J connectivity index is 2.38. The number of hydrogen-bond acceptors (Lipinski definition) is 5. The molecule has 0 radical (unpaired) electrons. The lowest BCUT2D eigenvalue weighted by molar-refractivity contribution is 0.599. The van der Waals surface area contributed by atoms with E-state index in [0.29, 0.717) is 17.1 Å². The Hall–Kier alpha value is -1.44. The average molecular weight is 311 g/mol. The summed E-state index contributed by atoms with van der Waals surface area (Å²) in [5.74, 6) is 0. The lowest BCUT2D eigenvalue weighted by Crippen LogP contribution is -2.16. The van der Waals surface area contributed by atoms with E-state index in [2.05, 4.69) is 15.0 Å². The summed E-state index contributed by atoms with van der Waals surface area (Å²) in [6, 6.07) is 3.35. The molecule has 2 rings (SSSR count). The third-order valence-corrected chi connectivity index (χ3v) is 5.59. The Morgan fingerprint density at radius 2 is 2.10 bits per heavy atom. The van der Waals surface area contributed by atoms with Gasteiger partial charge in [0.1, 0.15) is 4.90 Å². The lowest BCUT2D eigenvalue weighted by atomic mass is 10.3. The van der Waals surface area contributed by atoms with E-state index in [-0.39, 0.29) is 0 Å². The Bertz CT molecular complexity index is 708. The summed E-state index contributed by atoms with van der Waals surface area (Å²) in [5, 5.41) is 4.85. The van der Waals surface area contributed by atoms with E-state index in [1.165, 1.54) is 11.3 Å². The fraction of sp³-hybridized carbons (Fsp3) is 0.308. The van der Waals surface area contributed by atoms with E-state index in [9.17, 15) is 8.42 Å². The fourth-order valence-electron chi connectivity index (χ4n) is 1.95. The van der Waals surface area contributed by atoms with Crippen LogP contribution in [0.15, 0.2) is 28.6 Å². The number of anilines is 1. The first kappa shape index (κ1) is 15.0. The molecule has 2 N–H and O–H groups in total. The Morgan fingerprint density at radius 3 is 2.75 bits per heavy atom. The van der Waals surface area contributed by atoms with Crippen molar-refractivity contribution in [2.45, 2.75) is 25.3 Å². The molecule has 0 unspecified atom stereocenters. The Morgan fingerprint density at radius 1 is 1.35 bits per heavy atom. The number of rotatable bonds is 5. The maximum absolute atomic E-state index is 12.5. The van der Waals surface area contributed by atoms with E-state index in [1.54, 1.807) is 25.4 Å². The van der Waals surface area contributed by atoms with Crippen LogP contribution in [0.1, 0.15) is 16.1 Å². The van der Waals surface area contributed by atoms with E-state index in [1.807, 2.05) is 19.2 Å². The quantitative estimate of drug-likeness (QED) is 0.888. The molecule has 0 fully saturated rings. The van der Waals surface area contributed by atoms with Gasteiger partial charge in [0.25, 0.3) is 10.0 Å². The zero-order chi connectivity index (χ0) is 14.8. The van der Waals surface area contributed by atoms with Crippen molar-refractivity contribution in [3.63, 3.8) is 0 Å². The molecule has 2 aromatic heterocycles. The van der Waals surface area contributed by atoms with Gasteiger partial charge in [-0.2, -0.15) is 0 Å². The number of pyridine rings is 1. The van der Waals surface area contributed by atoms with E-state index < -0.39 is 10.0 Å². The van der Waals surface area contributed by atoms with Crippen LogP contribution in [0.5, 0.6) is 0 Å². The van der Waals surface area contributed by atoms with Crippen LogP contribution in [-0.4, -0.2) is 20.4 Å². The van der Waals surface area contributed by atoms with Gasteiger partial charge in [0.2, 0.25) is 0 Å². The van der Waals surface area contributed by atoms with Crippen LogP contribution in [0.2, 0.25) is 0 Å². The molecule has 0 amide bonds. The zero-order valence-electron chi connectivity index (χ0n) is 11.6. The molecule has 0 bridgehead atoms. The first-order valence-corrected chi connectivity index (χ1v) is 8.47. The topological polar surface area (TPSA) is 71.1 Å². The molecular formula is C13H17N3O2S2. The summed E-state index contributed by atoms with van der Waals surface area (Å²) < 4.78 is 27.7. The molecule has 0 aromatic carbocycles. The Kier molecular flexibility index (Phi) is 4.42. The van der Waals surface area contributed by atoms with E-state index in [0.717, 1.165) is 16.1 Å². The van der Waals surface area contributed by atoms with E-state index >= 15 is 0 Å². The molecule has 2 heterocycles. The van der Waals surface area contributed by atoms with Crippen molar-refractivity contribution in [3.05, 3.63) is 39.8 Å². The average Bonchev–Trinajstić information content (AvgIpc) is 2.71. The number of hydrogen-bond donors (Lipinski definition) is 2. The minimum absolute atomic E-state index is 0.367. The maximum atomic E-state index is 12.5. The molecule has 0 aliphatic heterocycles. The number of aromatic nitrogens is 1. The third kappa shape index (κ3) is 3.17. The SMILES string of the molecule is CNCc1scc(C)c1S(=O)(=O)Nc1ccnc(C)c1. The van der Waals surface area contributed by atoms with Gasteiger partial charge in [0.15, 0.2) is 0 Å². The second-order valence-electron chi connectivity index (χ2n) is 4.49. The van der Waals surface area contributed by atoms with Crippen molar-refractivity contribution < 1.29 is 8.42 Å². The summed E-state index contributed by atoms with van der Waals surface area (Å²) in [6.45, 7) is 4.16. The number of sulfonamides is 1. The highest BCUT2D eigenvalue weighted by molar-refractivity contribution is 7.93. The summed E-state index contributed by atoms with van der Waals surface area (Å²) in [5.41, 5.74) is 2.06. The van der Waals surface area contributed by atoms with Gasteiger partial charge in [-0.15, -0.1) is 11.3 Å². The number of nitrogens with zero attached hydrogens (tertiary/aromatic N) is 1. The van der Waals surface area contributed by atoms with Crippen molar-refractivity contribution >= 4 is 27.0 Å². The second kappa shape index (κ2) is 5.90. The molecule has 0 spiro atoms. The van der Waals surface area contributed by atoms with Crippen molar-refractivity contribution in [2.75, 3.05) is 11.8 Å². The van der Waals surface area contributed by atoms with Crippen LogP contribution in [-0.2, 0) is 16.6 Å². The van der Waals surface area contributed by atoms with Crippen LogP contribution >= 0.6 is 11.3 Å². The third-order valence-electron chi connectivity index (χ3n) is 2.74. The number of aryl methyl sites for hydroxylation is 2. The first-order valence-electron chi connectivity index (χ1n) is 6.11. The van der Waals surface area contributed by atoms with Crippen molar-refractivity contribution in [1.82, 2.24) is 10.3 Å². The first-order chi connectivity index (χ1) is 9.44. The molecule has 0 aliphatic carbocycles. The predicted molar refractivity (Wildman–Crippen MR) is 81.6 cm³/mol. The normalized spacial score (nSPS) is 11.6. The Labute approximate surface area is 123 Å². The van der Waals surface area contributed by atoms with Gasteiger partial charge in [-0.1, -0.05) is 0 Å². The van der Waals surface area contributed by atoms with Crippen LogP contribution in [0.25, 0.3) is 0 Å². The molecule has 0 saturated heterocycles. The van der Waals surface area contributed by atoms with Gasteiger partial charge >= 0.3 is 0 Å². The maximum Gasteiger partial charge on any atom is 0.263 e. The number of thiophene rings is 1. The van der Waals surface area contributed by atoms with Crippen LogP contribution in [0.4, 0.5) is 5.69 Å². The van der Waals surface area contributed by atoms with Crippen LogP contribution in [0.3, 0.4) is 0 Å². The second-order valence-corrected chi connectivity index (χ2v) is 7.08. The minimum atomic E-state index is -3.58. The lowest BCUT2D eigenvalue weighted by Gasteiger charge is -2.10. The van der Waals surface area contributed by atoms with Gasteiger partial charge in [0.05, 0.1) is 5.69 Å². The summed E-state index contributed by atoms with van der Waals surface area (Å²) in [4.78, 5) is 5.23. The minimum Gasteiger partial charge on any atom is -0.315 e. The van der Waals surface area contributed by atoms with Crippen LogP contribution < -0.4 is 10.0 Å².